The molecule has 4 nitrogen and oxygen atoms in total. The number of rotatable bonds is 3. The summed E-state index contributed by atoms with van der Waals surface area (Å²) in [5.74, 6) is 0. The van der Waals surface area contributed by atoms with Gasteiger partial charge in [0.25, 0.3) is 0 Å². The summed E-state index contributed by atoms with van der Waals surface area (Å²) in [5, 5.41) is 4.36. The van der Waals surface area contributed by atoms with Crippen LogP contribution in [-0.2, 0) is 12.4 Å². The lowest BCUT2D eigenvalue weighted by Gasteiger charge is -2.15. The lowest BCUT2D eigenvalue weighted by atomic mass is 10.1. The topological polar surface area (TPSA) is 54.0 Å². The summed E-state index contributed by atoms with van der Waals surface area (Å²) in [6, 6.07) is 9.87. The van der Waals surface area contributed by atoms with Crippen LogP contribution in [0.3, 0.4) is 0 Å². The lowest BCUT2D eigenvalue weighted by Crippen LogP contribution is -2.20. The maximum atomic E-state index is 12.9. The third kappa shape index (κ3) is 5.28. The molecule has 0 fully saturated rings. The standard InChI is InChI=1S/C20H13F6N3O/c21-19(22,23)14-8-15(20(24,25)26)10-17(9-14)29-18(30)28-16-5-3-12(4-6-16)13-2-1-7-27-11-13/h1-11H,(H2,28,29,30). The van der Waals surface area contributed by atoms with Crippen molar-refractivity contribution in [1.82, 2.24) is 4.98 Å². The van der Waals surface area contributed by atoms with Crippen molar-refractivity contribution in [2.75, 3.05) is 10.6 Å². The van der Waals surface area contributed by atoms with E-state index in [2.05, 4.69) is 10.3 Å². The predicted octanol–water partition coefficient (Wildman–Crippen LogP) is 6.43. The van der Waals surface area contributed by atoms with Crippen molar-refractivity contribution in [3.05, 3.63) is 78.1 Å². The van der Waals surface area contributed by atoms with Gasteiger partial charge < -0.3 is 10.6 Å². The first-order valence-electron chi connectivity index (χ1n) is 8.40. The van der Waals surface area contributed by atoms with Gasteiger partial charge in [-0.3, -0.25) is 4.98 Å². The highest BCUT2D eigenvalue weighted by Crippen LogP contribution is 2.37. The Morgan fingerprint density at radius 1 is 0.733 bits per heavy atom. The molecule has 2 N–H and O–H groups in total. The number of hydrogen-bond acceptors (Lipinski definition) is 2. The largest absolute Gasteiger partial charge is 0.416 e. The van der Waals surface area contributed by atoms with Crippen LogP contribution in [0.1, 0.15) is 11.1 Å². The Labute approximate surface area is 166 Å². The fraction of sp³-hybridized carbons (Fsp3) is 0.100. The van der Waals surface area contributed by atoms with Gasteiger partial charge in [-0.1, -0.05) is 18.2 Å². The zero-order valence-electron chi connectivity index (χ0n) is 15.0. The molecule has 3 aromatic rings. The fourth-order valence-corrected chi connectivity index (χ4v) is 2.60. The zero-order valence-corrected chi connectivity index (χ0v) is 15.0. The van der Waals surface area contributed by atoms with E-state index in [1.54, 1.807) is 30.6 Å². The van der Waals surface area contributed by atoms with Crippen LogP contribution in [0.5, 0.6) is 0 Å². The van der Waals surface area contributed by atoms with Gasteiger partial charge in [0.2, 0.25) is 0 Å². The van der Waals surface area contributed by atoms with Crippen LogP contribution in [-0.4, -0.2) is 11.0 Å². The molecule has 3 rings (SSSR count). The molecule has 0 aliphatic rings. The van der Waals surface area contributed by atoms with E-state index in [9.17, 15) is 31.1 Å². The van der Waals surface area contributed by atoms with Gasteiger partial charge in [0.1, 0.15) is 0 Å². The van der Waals surface area contributed by atoms with Crippen molar-refractivity contribution in [3.8, 4) is 11.1 Å². The molecule has 0 saturated heterocycles. The molecule has 1 heterocycles. The summed E-state index contributed by atoms with van der Waals surface area (Å²) >= 11 is 0. The van der Waals surface area contributed by atoms with Crippen LogP contribution in [0.2, 0.25) is 0 Å². The van der Waals surface area contributed by atoms with Crippen LogP contribution in [0.15, 0.2) is 67.0 Å². The molecule has 10 heteroatoms. The normalized spacial score (nSPS) is 11.8. The van der Waals surface area contributed by atoms with E-state index in [4.69, 9.17) is 0 Å². The average Bonchev–Trinajstić information content (AvgIpc) is 2.67. The number of amides is 2. The third-order valence-corrected chi connectivity index (χ3v) is 3.98. The second-order valence-electron chi connectivity index (χ2n) is 6.19. The summed E-state index contributed by atoms with van der Waals surface area (Å²) in [4.78, 5) is 16.1. The first kappa shape index (κ1) is 21.2. The van der Waals surface area contributed by atoms with Gasteiger partial charge in [-0.15, -0.1) is 0 Å². The number of aromatic nitrogens is 1. The average molecular weight is 425 g/mol. The molecular formula is C20H13F6N3O. The van der Waals surface area contributed by atoms with Gasteiger partial charge in [0.05, 0.1) is 11.1 Å². The van der Waals surface area contributed by atoms with Crippen molar-refractivity contribution >= 4 is 17.4 Å². The quantitative estimate of drug-likeness (QED) is 0.475. The summed E-state index contributed by atoms with van der Waals surface area (Å²) < 4.78 is 77.4. The molecular weight excluding hydrogens is 412 g/mol. The maximum Gasteiger partial charge on any atom is 0.416 e. The first-order chi connectivity index (χ1) is 14.0. The van der Waals surface area contributed by atoms with Crippen LogP contribution in [0.25, 0.3) is 11.1 Å². The molecule has 0 unspecified atom stereocenters. The number of pyridine rings is 1. The molecule has 2 aromatic carbocycles. The molecule has 0 spiro atoms. The summed E-state index contributed by atoms with van der Waals surface area (Å²) in [5.41, 5.74) is -1.74. The highest BCUT2D eigenvalue weighted by atomic mass is 19.4. The van der Waals surface area contributed by atoms with Gasteiger partial charge in [0, 0.05) is 23.8 Å². The minimum atomic E-state index is -5.00. The number of carbonyl (C=O) groups excluding carboxylic acids is 1. The van der Waals surface area contributed by atoms with Crippen molar-refractivity contribution < 1.29 is 31.1 Å². The second kappa shape index (κ2) is 8.05. The number of carbonyl (C=O) groups is 1. The van der Waals surface area contributed by atoms with E-state index in [0.717, 1.165) is 11.1 Å². The molecule has 0 atom stereocenters. The smallest absolute Gasteiger partial charge is 0.308 e. The fourth-order valence-electron chi connectivity index (χ4n) is 2.60. The Bertz CT molecular complexity index is 999. The number of urea groups is 1. The SMILES string of the molecule is O=C(Nc1ccc(-c2cccnc2)cc1)Nc1cc(C(F)(F)F)cc(C(F)(F)F)c1. The number of anilines is 2. The molecule has 0 radical (unpaired) electrons. The summed E-state index contributed by atoms with van der Waals surface area (Å²) in [6.45, 7) is 0. The Kier molecular flexibility index (Phi) is 5.68. The minimum Gasteiger partial charge on any atom is -0.308 e. The number of benzene rings is 2. The molecule has 156 valence electrons. The number of nitrogens with one attached hydrogen (secondary N) is 2. The van der Waals surface area contributed by atoms with E-state index < -0.39 is 35.2 Å². The number of halogens is 6. The maximum absolute atomic E-state index is 12.9. The van der Waals surface area contributed by atoms with Gasteiger partial charge >= 0.3 is 18.4 Å². The van der Waals surface area contributed by atoms with Gasteiger partial charge in [-0.25, -0.2) is 4.79 Å². The Morgan fingerprint density at radius 2 is 1.30 bits per heavy atom. The summed E-state index contributed by atoms with van der Waals surface area (Å²) in [6.07, 6.45) is -6.75. The highest BCUT2D eigenvalue weighted by molar-refractivity contribution is 6.00. The van der Waals surface area contributed by atoms with Gasteiger partial charge in [0.15, 0.2) is 0 Å². The van der Waals surface area contributed by atoms with E-state index >= 15 is 0 Å². The Morgan fingerprint density at radius 3 is 1.80 bits per heavy atom. The third-order valence-electron chi connectivity index (χ3n) is 3.98. The van der Waals surface area contributed by atoms with Gasteiger partial charge in [-0.2, -0.15) is 26.3 Å². The number of hydrogen-bond donors (Lipinski definition) is 2. The van der Waals surface area contributed by atoms with Crippen molar-refractivity contribution in [2.45, 2.75) is 12.4 Å². The first-order valence-corrected chi connectivity index (χ1v) is 8.40. The van der Waals surface area contributed by atoms with Crippen LogP contribution in [0, 0.1) is 0 Å². The van der Waals surface area contributed by atoms with Crippen LogP contribution in [0.4, 0.5) is 42.5 Å². The van der Waals surface area contributed by atoms with E-state index in [1.165, 1.54) is 12.1 Å². The van der Waals surface area contributed by atoms with Crippen LogP contribution < -0.4 is 10.6 Å². The van der Waals surface area contributed by atoms with Crippen molar-refractivity contribution in [3.63, 3.8) is 0 Å². The van der Waals surface area contributed by atoms with E-state index in [0.29, 0.717) is 17.8 Å². The van der Waals surface area contributed by atoms with E-state index in [-0.39, 0.29) is 6.07 Å². The van der Waals surface area contributed by atoms with E-state index in [1.807, 2.05) is 11.4 Å². The van der Waals surface area contributed by atoms with Crippen LogP contribution >= 0.6 is 0 Å². The zero-order chi connectivity index (χ0) is 21.9. The molecule has 0 bridgehead atoms. The van der Waals surface area contributed by atoms with Crippen molar-refractivity contribution in [1.29, 1.82) is 0 Å². The van der Waals surface area contributed by atoms with Crippen molar-refractivity contribution in [2.24, 2.45) is 0 Å². The van der Waals surface area contributed by atoms with Gasteiger partial charge in [-0.05, 0) is 47.5 Å². The molecule has 0 aliphatic carbocycles. The Balaban J connectivity index is 1.76. The number of alkyl halides is 6. The molecule has 0 aliphatic heterocycles. The highest BCUT2D eigenvalue weighted by Gasteiger charge is 2.37. The predicted molar refractivity (Wildman–Crippen MR) is 98.8 cm³/mol. The molecule has 1 aromatic heterocycles. The molecule has 2 amide bonds. The molecule has 30 heavy (non-hydrogen) atoms. The second-order valence-corrected chi connectivity index (χ2v) is 6.19. The summed E-state index contributed by atoms with van der Waals surface area (Å²) in [7, 11) is 0. The Hall–Kier alpha value is -3.56. The monoisotopic (exact) mass is 425 g/mol. The molecule has 0 saturated carbocycles. The lowest BCUT2D eigenvalue weighted by molar-refractivity contribution is -0.143. The minimum absolute atomic E-state index is 0.0136. The number of nitrogens with zero attached hydrogens (tertiary/aromatic N) is 1.